The lowest BCUT2D eigenvalue weighted by Gasteiger charge is -2.29. The number of aromatic carboxylic acids is 1. The van der Waals surface area contributed by atoms with E-state index in [0.717, 1.165) is 0 Å². The van der Waals surface area contributed by atoms with Gasteiger partial charge in [0.25, 0.3) is 0 Å². The third-order valence-corrected chi connectivity index (χ3v) is 3.88. The Morgan fingerprint density at radius 2 is 1.81 bits per heavy atom. The van der Waals surface area contributed by atoms with Crippen LogP contribution in [0.3, 0.4) is 0 Å². The first-order chi connectivity index (χ1) is 12.3. The molecule has 0 bridgehead atoms. The fourth-order valence-electron chi connectivity index (χ4n) is 2.58. The van der Waals surface area contributed by atoms with Crippen LogP contribution in [0.15, 0.2) is 18.2 Å². The topological polar surface area (TPSA) is 95.9 Å². The molecule has 6 nitrogen and oxygen atoms in total. The average Bonchev–Trinajstić information content (AvgIpc) is 2.50. The first kappa shape index (κ1) is 20.9. The van der Waals surface area contributed by atoms with E-state index in [1.807, 2.05) is 5.32 Å². The molecule has 1 aliphatic heterocycles. The van der Waals surface area contributed by atoms with E-state index in [2.05, 4.69) is 0 Å². The van der Waals surface area contributed by atoms with Gasteiger partial charge in [0, 0.05) is 6.42 Å². The minimum absolute atomic E-state index is 0.188. The molecule has 0 saturated carbocycles. The zero-order valence-electron chi connectivity index (χ0n) is 13.3. The number of halogens is 6. The standard InChI is InChI=1S/C14H12BF6NO5/c16-13(17,18)8(14(19,20)21)5-10(23)22-9-4-6-2-1-3-7(12(24)25)11(6)27-15(9)26/h1-3,8-9,26H,4-5H2,(H,22,23)(H,24,25). The molecule has 2 rings (SSSR count). The lowest BCUT2D eigenvalue weighted by atomic mass is 9.72. The highest BCUT2D eigenvalue weighted by molar-refractivity contribution is 6.47. The molecule has 0 saturated heterocycles. The molecule has 0 radical (unpaired) electrons. The molecule has 0 spiro atoms. The molecule has 0 aliphatic carbocycles. The van der Waals surface area contributed by atoms with Crippen molar-refractivity contribution in [1.82, 2.24) is 5.32 Å². The van der Waals surface area contributed by atoms with E-state index in [1.165, 1.54) is 18.2 Å². The number of carboxylic acids is 1. The van der Waals surface area contributed by atoms with E-state index < -0.39 is 49.6 Å². The Morgan fingerprint density at radius 1 is 1.22 bits per heavy atom. The van der Waals surface area contributed by atoms with Crippen LogP contribution in [0.2, 0.25) is 0 Å². The Balaban J connectivity index is 2.13. The lowest BCUT2D eigenvalue weighted by molar-refractivity contribution is -0.284. The van der Waals surface area contributed by atoms with Crippen molar-refractivity contribution in [2.24, 2.45) is 5.92 Å². The zero-order valence-corrected chi connectivity index (χ0v) is 13.3. The zero-order chi connectivity index (χ0) is 20.6. The normalized spacial score (nSPS) is 17.3. The molecule has 1 heterocycles. The van der Waals surface area contributed by atoms with Crippen LogP contribution in [0.4, 0.5) is 26.3 Å². The van der Waals surface area contributed by atoms with Crippen molar-refractivity contribution in [2.45, 2.75) is 31.1 Å². The van der Waals surface area contributed by atoms with Gasteiger partial charge in [-0.3, -0.25) is 4.79 Å². The summed E-state index contributed by atoms with van der Waals surface area (Å²) in [6, 6.07) is 3.91. The van der Waals surface area contributed by atoms with Crippen LogP contribution >= 0.6 is 0 Å². The summed E-state index contributed by atoms with van der Waals surface area (Å²) in [6.45, 7) is 0. The smallest absolute Gasteiger partial charge is 0.534 e. The Morgan fingerprint density at radius 3 is 2.33 bits per heavy atom. The molecule has 1 amide bonds. The van der Waals surface area contributed by atoms with Crippen molar-refractivity contribution >= 4 is 19.0 Å². The van der Waals surface area contributed by atoms with Crippen molar-refractivity contribution in [3.05, 3.63) is 29.3 Å². The summed E-state index contributed by atoms with van der Waals surface area (Å²) in [7, 11) is -1.85. The van der Waals surface area contributed by atoms with Gasteiger partial charge in [-0.2, -0.15) is 26.3 Å². The number of hydrogen-bond donors (Lipinski definition) is 3. The van der Waals surface area contributed by atoms with Crippen molar-refractivity contribution in [3.8, 4) is 5.75 Å². The first-order valence-electron chi connectivity index (χ1n) is 7.43. The molecule has 1 unspecified atom stereocenters. The van der Waals surface area contributed by atoms with Gasteiger partial charge in [0.15, 0.2) is 5.92 Å². The number of fused-ring (bicyclic) bond motifs is 1. The van der Waals surface area contributed by atoms with E-state index in [9.17, 15) is 41.0 Å². The summed E-state index contributed by atoms with van der Waals surface area (Å²) in [5, 5.41) is 20.8. The minimum atomic E-state index is -5.67. The number of amides is 1. The van der Waals surface area contributed by atoms with Gasteiger partial charge in [0.05, 0.1) is 11.5 Å². The van der Waals surface area contributed by atoms with Gasteiger partial charge in [-0.1, -0.05) is 12.1 Å². The second-order valence-corrected chi connectivity index (χ2v) is 5.83. The number of carboxylic acid groups (broad SMARTS) is 1. The predicted molar refractivity (Wildman–Crippen MR) is 77.9 cm³/mol. The van der Waals surface area contributed by atoms with Gasteiger partial charge in [-0.15, -0.1) is 0 Å². The van der Waals surface area contributed by atoms with Crippen molar-refractivity contribution < 1.29 is 50.7 Å². The third-order valence-electron chi connectivity index (χ3n) is 3.88. The SMILES string of the molecule is O=C(CC(C(F)(F)F)C(F)(F)F)NC1Cc2cccc(C(=O)O)c2OB1O. The number of benzene rings is 1. The van der Waals surface area contributed by atoms with Gasteiger partial charge in [-0.25, -0.2) is 4.79 Å². The number of rotatable bonds is 4. The molecule has 148 valence electrons. The second kappa shape index (κ2) is 7.29. The summed E-state index contributed by atoms with van der Waals surface area (Å²) < 4.78 is 80.1. The molecule has 0 fully saturated rings. The van der Waals surface area contributed by atoms with Crippen LogP contribution in [0, 0.1) is 5.92 Å². The fraction of sp³-hybridized carbons (Fsp3) is 0.429. The highest BCUT2D eigenvalue weighted by Crippen LogP contribution is 2.41. The lowest BCUT2D eigenvalue weighted by Crippen LogP contribution is -2.54. The van der Waals surface area contributed by atoms with E-state index in [0.29, 0.717) is 0 Å². The summed E-state index contributed by atoms with van der Waals surface area (Å²) in [5.74, 6) is -8.33. The number of carbonyl (C=O) groups excluding carboxylic acids is 1. The van der Waals surface area contributed by atoms with E-state index in [-0.39, 0.29) is 23.3 Å². The number of alkyl halides is 6. The van der Waals surface area contributed by atoms with E-state index in [1.54, 1.807) is 0 Å². The number of para-hydroxylation sites is 1. The van der Waals surface area contributed by atoms with Crippen LogP contribution in [0.1, 0.15) is 22.3 Å². The Kier molecular flexibility index (Phi) is 5.64. The van der Waals surface area contributed by atoms with Gasteiger partial charge in [-0.05, 0) is 18.1 Å². The maximum absolute atomic E-state index is 12.5. The number of carbonyl (C=O) groups is 2. The molecule has 1 atom stereocenters. The highest BCUT2D eigenvalue weighted by Gasteiger charge is 2.57. The summed E-state index contributed by atoms with van der Waals surface area (Å²) in [5.41, 5.74) is -0.0702. The fourth-order valence-corrected chi connectivity index (χ4v) is 2.58. The van der Waals surface area contributed by atoms with Gasteiger partial charge < -0.3 is 20.1 Å². The Hall–Kier alpha value is -2.44. The minimum Gasteiger partial charge on any atom is -0.534 e. The van der Waals surface area contributed by atoms with Gasteiger partial charge in [0.1, 0.15) is 5.75 Å². The number of nitrogens with one attached hydrogen (secondary N) is 1. The molecule has 0 aromatic heterocycles. The van der Waals surface area contributed by atoms with Gasteiger partial charge >= 0.3 is 25.4 Å². The predicted octanol–water partition coefficient (Wildman–Crippen LogP) is 1.96. The van der Waals surface area contributed by atoms with E-state index >= 15 is 0 Å². The van der Waals surface area contributed by atoms with Crippen molar-refractivity contribution in [1.29, 1.82) is 0 Å². The molecule has 1 aromatic rings. The Bertz CT molecular complexity index is 724. The van der Waals surface area contributed by atoms with Crippen molar-refractivity contribution in [3.63, 3.8) is 0 Å². The van der Waals surface area contributed by atoms with Crippen LogP contribution in [0.25, 0.3) is 0 Å². The average molecular weight is 399 g/mol. The monoisotopic (exact) mass is 399 g/mol. The van der Waals surface area contributed by atoms with Gasteiger partial charge in [0.2, 0.25) is 5.91 Å². The molecule has 1 aliphatic rings. The Labute approximate surface area is 148 Å². The highest BCUT2D eigenvalue weighted by atomic mass is 19.4. The quantitative estimate of drug-likeness (QED) is 0.532. The van der Waals surface area contributed by atoms with Crippen LogP contribution in [-0.2, 0) is 11.2 Å². The van der Waals surface area contributed by atoms with Crippen molar-refractivity contribution in [2.75, 3.05) is 0 Å². The molecular weight excluding hydrogens is 387 g/mol. The third kappa shape index (κ3) is 4.84. The van der Waals surface area contributed by atoms with E-state index in [4.69, 9.17) is 9.76 Å². The molecular formula is C14H12BF6NO5. The second-order valence-electron chi connectivity index (χ2n) is 5.83. The largest absolute Gasteiger partial charge is 0.547 e. The maximum atomic E-state index is 12.5. The molecule has 1 aromatic carbocycles. The maximum Gasteiger partial charge on any atom is 0.547 e. The summed E-state index contributed by atoms with van der Waals surface area (Å²) in [6.07, 6.45) is -13.5. The molecule has 27 heavy (non-hydrogen) atoms. The molecule has 13 heteroatoms. The number of hydrogen-bond acceptors (Lipinski definition) is 4. The van der Waals surface area contributed by atoms with Crippen LogP contribution in [-0.4, -0.2) is 47.4 Å². The summed E-state index contributed by atoms with van der Waals surface area (Å²) >= 11 is 0. The van der Waals surface area contributed by atoms with Crippen LogP contribution in [0.5, 0.6) is 5.75 Å². The van der Waals surface area contributed by atoms with Crippen LogP contribution < -0.4 is 9.97 Å². The summed E-state index contributed by atoms with van der Waals surface area (Å²) in [4.78, 5) is 22.8. The first-order valence-corrected chi connectivity index (χ1v) is 7.43. The molecule has 3 N–H and O–H groups in total.